The zero-order valence-corrected chi connectivity index (χ0v) is 18.3. The number of nitrogens with zero attached hydrogens (tertiary/aromatic N) is 4. The van der Waals surface area contributed by atoms with Gasteiger partial charge in [0.05, 0.1) is 4.90 Å². The first-order valence-corrected chi connectivity index (χ1v) is 11.4. The molecule has 0 atom stereocenters. The number of carbonyl (C=O) groups excluding carboxylic acids is 1. The Morgan fingerprint density at radius 3 is 2.41 bits per heavy atom. The minimum Gasteiger partial charge on any atom is -0.438 e. The van der Waals surface area contributed by atoms with Gasteiger partial charge in [-0.15, -0.1) is 0 Å². The number of aryl methyl sites for hydroxylation is 2. The lowest BCUT2D eigenvalue weighted by Gasteiger charge is -2.09. The van der Waals surface area contributed by atoms with Crippen molar-refractivity contribution in [1.29, 1.82) is 0 Å². The van der Waals surface area contributed by atoms with Gasteiger partial charge in [0.2, 0.25) is 5.76 Å². The predicted octanol–water partition coefficient (Wildman–Crippen LogP) is 3.47. The molecule has 0 radical (unpaired) electrons. The number of pyridine rings is 1. The van der Waals surface area contributed by atoms with Crippen LogP contribution in [-0.4, -0.2) is 40.5 Å². The van der Waals surface area contributed by atoms with Crippen LogP contribution in [0.15, 0.2) is 64.5 Å². The normalized spacial score (nSPS) is 11.3. The zero-order valence-electron chi connectivity index (χ0n) is 17.5. The van der Waals surface area contributed by atoms with E-state index in [1.807, 2.05) is 19.1 Å². The molecule has 9 nitrogen and oxygen atoms in total. The Balaban J connectivity index is 1.63. The van der Waals surface area contributed by atoms with E-state index in [2.05, 4.69) is 25.3 Å². The standard InChI is InChI=1S/C22H19N5O4S/c1-13-5-4-10-23-17(13)21-24-11-14(2)20(26-21)27-22(28)19-18(25-12-31-19)15-6-8-16(9-7-15)32(3,29)30/h4-12H,1-3H3,(H,24,26,27,28). The number of anilines is 1. The lowest BCUT2D eigenvalue weighted by Crippen LogP contribution is -2.15. The van der Waals surface area contributed by atoms with Gasteiger partial charge in [0.15, 0.2) is 22.1 Å². The molecule has 3 aromatic heterocycles. The van der Waals surface area contributed by atoms with Gasteiger partial charge in [0, 0.05) is 29.8 Å². The molecule has 0 aliphatic heterocycles. The zero-order chi connectivity index (χ0) is 22.9. The molecule has 0 saturated carbocycles. The number of sulfone groups is 1. The van der Waals surface area contributed by atoms with Gasteiger partial charge in [-0.25, -0.2) is 23.4 Å². The summed E-state index contributed by atoms with van der Waals surface area (Å²) in [6, 6.07) is 9.78. The Labute approximate surface area is 184 Å². The summed E-state index contributed by atoms with van der Waals surface area (Å²) in [7, 11) is -3.33. The fraction of sp³-hybridized carbons (Fsp3) is 0.136. The fourth-order valence-electron chi connectivity index (χ4n) is 3.04. The molecular formula is C22H19N5O4S. The average Bonchev–Trinajstić information content (AvgIpc) is 3.25. The Morgan fingerprint density at radius 2 is 1.72 bits per heavy atom. The van der Waals surface area contributed by atoms with Crippen molar-refractivity contribution in [3.63, 3.8) is 0 Å². The lowest BCUT2D eigenvalue weighted by atomic mass is 10.1. The van der Waals surface area contributed by atoms with Gasteiger partial charge in [-0.05, 0) is 37.6 Å². The number of aromatic nitrogens is 4. The molecule has 0 saturated heterocycles. The van der Waals surface area contributed by atoms with Crippen LogP contribution < -0.4 is 5.32 Å². The van der Waals surface area contributed by atoms with E-state index < -0.39 is 15.7 Å². The maximum atomic E-state index is 12.9. The predicted molar refractivity (Wildman–Crippen MR) is 118 cm³/mol. The first-order valence-electron chi connectivity index (χ1n) is 9.55. The highest BCUT2D eigenvalue weighted by molar-refractivity contribution is 7.90. The molecular weight excluding hydrogens is 430 g/mol. The summed E-state index contributed by atoms with van der Waals surface area (Å²) in [4.78, 5) is 30.3. The lowest BCUT2D eigenvalue weighted by molar-refractivity contribution is 0.0997. The molecule has 3 heterocycles. The summed E-state index contributed by atoms with van der Waals surface area (Å²) in [5, 5.41) is 2.74. The maximum Gasteiger partial charge on any atom is 0.294 e. The molecule has 1 N–H and O–H groups in total. The molecule has 4 aromatic rings. The Bertz CT molecular complexity index is 1410. The van der Waals surface area contributed by atoms with Crippen molar-refractivity contribution in [3.8, 4) is 22.8 Å². The number of hydrogen-bond acceptors (Lipinski definition) is 8. The Morgan fingerprint density at radius 1 is 0.969 bits per heavy atom. The number of carbonyl (C=O) groups is 1. The first-order chi connectivity index (χ1) is 15.2. The number of hydrogen-bond donors (Lipinski definition) is 1. The van der Waals surface area contributed by atoms with E-state index in [9.17, 15) is 13.2 Å². The topological polar surface area (TPSA) is 128 Å². The van der Waals surface area contributed by atoms with Crippen LogP contribution in [0, 0.1) is 13.8 Å². The van der Waals surface area contributed by atoms with Gasteiger partial charge in [-0.1, -0.05) is 18.2 Å². The van der Waals surface area contributed by atoms with Crippen molar-refractivity contribution in [2.24, 2.45) is 0 Å². The van der Waals surface area contributed by atoms with Gasteiger partial charge in [-0.2, -0.15) is 0 Å². The Hall–Kier alpha value is -3.92. The van der Waals surface area contributed by atoms with Crippen LogP contribution in [-0.2, 0) is 9.84 Å². The third-order valence-corrected chi connectivity index (χ3v) is 5.88. The second kappa shape index (κ2) is 8.31. The van der Waals surface area contributed by atoms with Gasteiger partial charge >= 0.3 is 0 Å². The van der Waals surface area contributed by atoms with E-state index in [-0.39, 0.29) is 16.3 Å². The average molecular weight is 449 g/mol. The van der Waals surface area contributed by atoms with Crippen molar-refractivity contribution in [1.82, 2.24) is 19.9 Å². The molecule has 0 bridgehead atoms. The molecule has 0 fully saturated rings. The van der Waals surface area contributed by atoms with Crippen LogP contribution in [0.3, 0.4) is 0 Å². The molecule has 1 amide bonds. The molecule has 1 aromatic carbocycles. The van der Waals surface area contributed by atoms with Crippen LogP contribution >= 0.6 is 0 Å². The van der Waals surface area contributed by atoms with Gasteiger partial charge in [0.1, 0.15) is 17.2 Å². The van der Waals surface area contributed by atoms with E-state index in [0.717, 1.165) is 18.2 Å². The van der Waals surface area contributed by atoms with E-state index in [0.29, 0.717) is 28.5 Å². The van der Waals surface area contributed by atoms with Crippen LogP contribution in [0.2, 0.25) is 0 Å². The quantitative estimate of drug-likeness (QED) is 0.490. The minimum absolute atomic E-state index is 0.0225. The Kier molecular flexibility index (Phi) is 5.54. The van der Waals surface area contributed by atoms with Crippen LogP contribution in [0.25, 0.3) is 22.8 Å². The van der Waals surface area contributed by atoms with Gasteiger partial charge in [0.25, 0.3) is 5.91 Å². The molecule has 0 unspecified atom stereocenters. The maximum absolute atomic E-state index is 12.9. The van der Waals surface area contributed by atoms with Crippen molar-refractivity contribution in [2.45, 2.75) is 18.7 Å². The third kappa shape index (κ3) is 4.26. The summed E-state index contributed by atoms with van der Waals surface area (Å²) in [5.41, 5.74) is 3.02. The molecule has 32 heavy (non-hydrogen) atoms. The summed E-state index contributed by atoms with van der Waals surface area (Å²) in [5.74, 6) is 0.138. The van der Waals surface area contributed by atoms with Crippen LogP contribution in [0.1, 0.15) is 21.7 Å². The number of amides is 1. The van der Waals surface area contributed by atoms with Crippen molar-refractivity contribution < 1.29 is 17.6 Å². The second-order valence-electron chi connectivity index (χ2n) is 7.17. The van der Waals surface area contributed by atoms with Crippen molar-refractivity contribution >= 4 is 21.6 Å². The molecule has 10 heteroatoms. The highest BCUT2D eigenvalue weighted by Gasteiger charge is 2.21. The summed E-state index contributed by atoms with van der Waals surface area (Å²) < 4.78 is 28.7. The van der Waals surface area contributed by atoms with Crippen molar-refractivity contribution in [3.05, 3.63) is 72.1 Å². The van der Waals surface area contributed by atoms with Gasteiger partial charge in [-0.3, -0.25) is 9.78 Å². The SMILES string of the molecule is Cc1cnc(-c2ncccc2C)nc1NC(=O)c1ocnc1-c1ccc(S(C)(=O)=O)cc1. The minimum atomic E-state index is -3.33. The fourth-order valence-corrected chi connectivity index (χ4v) is 3.67. The van der Waals surface area contributed by atoms with E-state index in [4.69, 9.17) is 4.42 Å². The smallest absolute Gasteiger partial charge is 0.294 e. The number of rotatable bonds is 5. The number of benzene rings is 1. The highest BCUT2D eigenvalue weighted by Crippen LogP contribution is 2.25. The highest BCUT2D eigenvalue weighted by atomic mass is 32.2. The van der Waals surface area contributed by atoms with Crippen LogP contribution in [0.5, 0.6) is 0 Å². The van der Waals surface area contributed by atoms with E-state index >= 15 is 0 Å². The largest absolute Gasteiger partial charge is 0.438 e. The molecule has 4 rings (SSSR count). The molecule has 0 aliphatic carbocycles. The van der Waals surface area contributed by atoms with E-state index in [1.165, 1.54) is 12.1 Å². The van der Waals surface area contributed by atoms with E-state index in [1.54, 1.807) is 31.5 Å². The monoisotopic (exact) mass is 449 g/mol. The summed E-state index contributed by atoms with van der Waals surface area (Å²) in [6.07, 6.45) is 5.54. The number of oxazole rings is 1. The van der Waals surface area contributed by atoms with Crippen molar-refractivity contribution in [2.75, 3.05) is 11.6 Å². The summed E-state index contributed by atoms with van der Waals surface area (Å²) >= 11 is 0. The van der Waals surface area contributed by atoms with Gasteiger partial charge < -0.3 is 9.73 Å². The summed E-state index contributed by atoms with van der Waals surface area (Å²) in [6.45, 7) is 3.68. The molecule has 0 aliphatic rings. The third-order valence-electron chi connectivity index (χ3n) is 4.75. The van der Waals surface area contributed by atoms with Crippen LogP contribution in [0.4, 0.5) is 5.82 Å². The number of nitrogens with one attached hydrogen (secondary N) is 1. The second-order valence-corrected chi connectivity index (χ2v) is 9.19. The molecule has 162 valence electrons. The first kappa shape index (κ1) is 21.3. The molecule has 0 spiro atoms.